The smallest absolute Gasteiger partial charge is 0.293 e. The predicted molar refractivity (Wildman–Crippen MR) is 79.8 cm³/mol. The number of hydrogen-bond acceptors (Lipinski definition) is 4. The molecule has 1 fully saturated rings. The van der Waals surface area contributed by atoms with E-state index in [1.807, 2.05) is 0 Å². The molecule has 0 saturated heterocycles. The minimum atomic E-state index is -0.135. The van der Waals surface area contributed by atoms with Gasteiger partial charge in [0.25, 0.3) is 5.56 Å². The Bertz CT molecular complexity index is 476. The van der Waals surface area contributed by atoms with Crippen LogP contribution in [-0.4, -0.2) is 27.3 Å². The highest BCUT2D eigenvalue weighted by Gasteiger charge is 2.19. The van der Waals surface area contributed by atoms with E-state index in [4.69, 9.17) is 0 Å². The zero-order chi connectivity index (χ0) is 14.5. The second kappa shape index (κ2) is 6.88. The lowest BCUT2D eigenvalue weighted by molar-refractivity contribution is 0.111. The maximum absolute atomic E-state index is 12.2. The molecular weight excluding hydrogens is 254 g/mol. The number of rotatable bonds is 5. The van der Waals surface area contributed by atoms with Gasteiger partial charge >= 0.3 is 0 Å². The number of aromatic nitrogens is 2. The van der Waals surface area contributed by atoms with Crippen LogP contribution in [0.4, 0.5) is 5.82 Å². The summed E-state index contributed by atoms with van der Waals surface area (Å²) in [7, 11) is 0. The second-order valence-electron chi connectivity index (χ2n) is 6.18. The fourth-order valence-corrected chi connectivity index (χ4v) is 2.70. The van der Waals surface area contributed by atoms with Gasteiger partial charge in [-0.15, -0.1) is 0 Å². The summed E-state index contributed by atoms with van der Waals surface area (Å²) in [5, 5.41) is 12.7. The van der Waals surface area contributed by atoms with Crippen molar-refractivity contribution >= 4 is 5.82 Å². The van der Waals surface area contributed by atoms with Gasteiger partial charge in [-0.2, -0.15) is 0 Å². The summed E-state index contributed by atoms with van der Waals surface area (Å²) >= 11 is 0. The van der Waals surface area contributed by atoms with Crippen molar-refractivity contribution in [2.24, 2.45) is 11.8 Å². The highest BCUT2D eigenvalue weighted by molar-refractivity contribution is 5.30. The Morgan fingerprint density at radius 3 is 2.75 bits per heavy atom. The van der Waals surface area contributed by atoms with Gasteiger partial charge in [0.2, 0.25) is 0 Å². The van der Waals surface area contributed by atoms with Crippen molar-refractivity contribution in [1.29, 1.82) is 0 Å². The fourth-order valence-electron chi connectivity index (χ4n) is 2.70. The summed E-state index contributed by atoms with van der Waals surface area (Å²) in [5.41, 5.74) is -0.0444. The van der Waals surface area contributed by atoms with Gasteiger partial charge < -0.3 is 15.0 Å². The summed E-state index contributed by atoms with van der Waals surface area (Å²) in [6, 6.07) is 0. The molecule has 1 aromatic rings. The topological polar surface area (TPSA) is 67.2 Å². The second-order valence-corrected chi connectivity index (χ2v) is 6.18. The third-order valence-corrected chi connectivity index (χ3v) is 3.85. The lowest BCUT2D eigenvalue weighted by Crippen LogP contribution is -2.29. The SMILES string of the molecule is CC(C)Cn1ccnc(NCC2CCC(O)CC2)c1=O. The first kappa shape index (κ1) is 15.0. The summed E-state index contributed by atoms with van der Waals surface area (Å²) in [6.45, 7) is 5.66. The van der Waals surface area contributed by atoms with Crippen molar-refractivity contribution in [3.8, 4) is 0 Å². The summed E-state index contributed by atoms with van der Waals surface area (Å²) in [6.07, 6.45) is 7.05. The molecule has 1 saturated carbocycles. The molecule has 0 aliphatic heterocycles. The molecule has 1 heterocycles. The first-order valence-electron chi connectivity index (χ1n) is 7.53. The molecule has 20 heavy (non-hydrogen) atoms. The highest BCUT2D eigenvalue weighted by Crippen LogP contribution is 2.23. The number of nitrogens with one attached hydrogen (secondary N) is 1. The number of aliphatic hydroxyl groups excluding tert-OH is 1. The lowest BCUT2D eigenvalue weighted by Gasteiger charge is -2.25. The van der Waals surface area contributed by atoms with E-state index in [9.17, 15) is 9.90 Å². The first-order valence-corrected chi connectivity index (χ1v) is 7.53. The molecule has 1 aliphatic carbocycles. The van der Waals surface area contributed by atoms with Gasteiger partial charge in [-0.3, -0.25) is 4.79 Å². The van der Waals surface area contributed by atoms with E-state index in [0.717, 1.165) is 32.2 Å². The van der Waals surface area contributed by atoms with Crippen LogP contribution in [0.5, 0.6) is 0 Å². The van der Waals surface area contributed by atoms with E-state index in [-0.39, 0.29) is 11.7 Å². The van der Waals surface area contributed by atoms with Crippen LogP contribution in [0.25, 0.3) is 0 Å². The molecule has 0 spiro atoms. The van der Waals surface area contributed by atoms with Crippen molar-refractivity contribution in [2.45, 2.75) is 52.2 Å². The van der Waals surface area contributed by atoms with Gasteiger partial charge in [0.15, 0.2) is 5.82 Å². The van der Waals surface area contributed by atoms with E-state index in [0.29, 0.717) is 24.2 Å². The van der Waals surface area contributed by atoms with E-state index in [1.54, 1.807) is 17.0 Å². The van der Waals surface area contributed by atoms with Crippen molar-refractivity contribution < 1.29 is 5.11 Å². The van der Waals surface area contributed by atoms with Crippen LogP contribution in [0.1, 0.15) is 39.5 Å². The van der Waals surface area contributed by atoms with Crippen LogP contribution in [0, 0.1) is 11.8 Å². The lowest BCUT2D eigenvalue weighted by atomic mass is 9.87. The molecular formula is C15H25N3O2. The summed E-state index contributed by atoms with van der Waals surface area (Å²) in [5.74, 6) is 1.40. The van der Waals surface area contributed by atoms with Crippen LogP contribution >= 0.6 is 0 Å². The third-order valence-electron chi connectivity index (χ3n) is 3.85. The molecule has 5 heteroatoms. The van der Waals surface area contributed by atoms with Crippen molar-refractivity contribution in [3.63, 3.8) is 0 Å². The quantitative estimate of drug-likeness (QED) is 0.863. The predicted octanol–water partition coefficient (Wildman–Crippen LogP) is 1.86. The maximum Gasteiger partial charge on any atom is 0.293 e. The molecule has 2 rings (SSSR count). The van der Waals surface area contributed by atoms with Gasteiger partial charge in [-0.25, -0.2) is 4.98 Å². The first-order chi connectivity index (χ1) is 9.56. The van der Waals surface area contributed by atoms with Crippen LogP contribution < -0.4 is 10.9 Å². The number of nitrogens with zero attached hydrogens (tertiary/aromatic N) is 2. The highest BCUT2D eigenvalue weighted by atomic mass is 16.3. The Morgan fingerprint density at radius 1 is 1.40 bits per heavy atom. The zero-order valence-corrected chi connectivity index (χ0v) is 12.4. The van der Waals surface area contributed by atoms with Crippen molar-refractivity contribution in [3.05, 3.63) is 22.7 Å². The minimum absolute atomic E-state index is 0.0444. The van der Waals surface area contributed by atoms with Gasteiger partial charge in [-0.05, 0) is 37.5 Å². The average Bonchev–Trinajstić information content (AvgIpc) is 2.41. The Balaban J connectivity index is 1.94. The number of anilines is 1. The van der Waals surface area contributed by atoms with Crippen LogP contribution in [0.3, 0.4) is 0 Å². The van der Waals surface area contributed by atoms with E-state index in [2.05, 4.69) is 24.1 Å². The molecule has 112 valence electrons. The average molecular weight is 279 g/mol. The standard InChI is InChI=1S/C15H25N3O2/c1-11(2)10-18-8-7-16-14(15(18)20)17-9-12-3-5-13(19)6-4-12/h7-8,11-13,19H,3-6,9-10H2,1-2H3,(H,16,17). The molecule has 0 aromatic carbocycles. The van der Waals surface area contributed by atoms with Crippen LogP contribution in [-0.2, 0) is 6.54 Å². The molecule has 5 nitrogen and oxygen atoms in total. The van der Waals surface area contributed by atoms with Crippen molar-refractivity contribution in [2.75, 3.05) is 11.9 Å². The summed E-state index contributed by atoms with van der Waals surface area (Å²) in [4.78, 5) is 16.4. The largest absolute Gasteiger partial charge is 0.393 e. The minimum Gasteiger partial charge on any atom is -0.393 e. The van der Waals surface area contributed by atoms with Gasteiger partial charge in [-0.1, -0.05) is 13.8 Å². The van der Waals surface area contributed by atoms with Gasteiger partial charge in [0.05, 0.1) is 6.10 Å². The number of aliphatic hydroxyl groups is 1. The Labute approximate surface area is 120 Å². The molecule has 0 radical (unpaired) electrons. The molecule has 0 amide bonds. The van der Waals surface area contributed by atoms with Crippen LogP contribution in [0.15, 0.2) is 17.2 Å². The molecule has 0 unspecified atom stereocenters. The monoisotopic (exact) mass is 279 g/mol. The molecule has 1 aliphatic rings. The van der Waals surface area contributed by atoms with Gasteiger partial charge in [0, 0.05) is 25.5 Å². The maximum atomic E-state index is 12.2. The molecule has 0 atom stereocenters. The summed E-state index contributed by atoms with van der Waals surface area (Å²) < 4.78 is 1.71. The Hall–Kier alpha value is -1.36. The Kier molecular flexibility index (Phi) is 5.17. The van der Waals surface area contributed by atoms with Gasteiger partial charge in [0.1, 0.15) is 0 Å². The Morgan fingerprint density at radius 2 is 2.10 bits per heavy atom. The van der Waals surface area contributed by atoms with E-state index < -0.39 is 0 Å². The molecule has 1 aromatic heterocycles. The molecule has 2 N–H and O–H groups in total. The van der Waals surface area contributed by atoms with Crippen LogP contribution in [0.2, 0.25) is 0 Å². The third kappa shape index (κ3) is 4.07. The van der Waals surface area contributed by atoms with Crippen molar-refractivity contribution in [1.82, 2.24) is 9.55 Å². The zero-order valence-electron chi connectivity index (χ0n) is 12.4. The van der Waals surface area contributed by atoms with E-state index >= 15 is 0 Å². The normalized spacial score (nSPS) is 23.0. The van der Waals surface area contributed by atoms with E-state index in [1.165, 1.54) is 0 Å². The number of hydrogen-bond donors (Lipinski definition) is 2. The molecule has 0 bridgehead atoms. The fraction of sp³-hybridized carbons (Fsp3) is 0.733.